The van der Waals surface area contributed by atoms with Crippen LogP contribution < -0.4 is 21.3 Å². The van der Waals surface area contributed by atoms with Crippen LogP contribution in [0.2, 0.25) is 0 Å². The summed E-state index contributed by atoms with van der Waals surface area (Å²) in [6, 6.07) is -4.34. The second kappa shape index (κ2) is 15.1. The minimum Gasteiger partial charge on any atom is -0.481 e. The molecule has 4 atom stereocenters. The molecular formula is C20H32N4O9S. The third-order valence-corrected chi connectivity index (χ3v) is 5.81. The van der Waals surface area contributed by atoms with E-state index in [1.54, 1.807) is 0 Å². The number of nitrogens with one attached hydrogen (secondary N) is 4. The number of carbonyl (C=O) groups excluding carboxylic acids is 3. The van der Waals surface area contributed by atoms with Gasteiger partial charge in [-0.3, -0.25) is 24.0 Å². The van der Waals surface area contributed by atoms with Gasteiger partial charge in [0, 0.05) is 12.8 Å². The van der Waals surface area contributed by atoms with Crippen molar-refractivity contribution in [2.45, 2.75) is 69.1 Å². The topological polar surface area (TPSA) is 211 Å². The molecule has 3 amide bonds. The summed E-state index contributed by atoms with van der Waals surface area (Å²) >= 11 is 1.45. The summed E-state index contributed by atoms with van der Waals surface area (Å²) in [7, 11) is 0. The molecule has 0 aromatic rings. The van der Waals surface area contributed by atoms with Crippen LogP contribution in [0.25, 0.3) is 0 Å². The highest BCUT2D eigenvalue weighted by molar-refractivity contribution is 7.98. The molecule has 0 aromatic carbocycles. The Morgan fingerprint density at radius 3 is 1.85 bits per heavy atom. The van der Waals surface area contributed by atoms with E-state index >= 15 is 0 Å². The number of carboxylic acids is 3. The standard InChI is InChI=1S/C20H32N4O9S/c1-34-10-8-13(23-17(29)11-3-2-9-21-11)19(31)22-12(4-6-15(25)26)18(30)24-14(20(32)33)5-7-16(27)28/h11-14,21H,2-10H2,1H3,(H,22,31)(H,23,29)(H,24,30)(H,25,26)(H,27,28)(H,32,33). The lowest BCUT2D eigenvalue weighted by Gasteiger charge is -2.25. The number of carbonyl (C=O) groups is 6. The number of aliphatic carboxylic acids is 3. The van der Waals surface area contributed by atoms with Crippen LogP contribution in [0.5, 0.6) is 0 Å². The van der Waals surface area contributed by atoms with Gasteiger partial charge < -0.3 is 36.6 Å². The maximum absolute atomic E-state index is 12.9. The number of hydrogen-bond donors (Lipinski definition) is 7. The van der Waals surface area contributed by atoms with Crippen LogP contribution in [0, 0.1) is 0 Å². The van der Waals surface area contributed by atoms with Gasteiger partial charge >= 0.3 is 17.9 Å². The van der Waals surface area contributed by atoms with E-state index in [0.717, 1.165) is 6.42 Å². The monoisotopic (exact) mass is 504 g/mol. The van der Waals surface area contributed by atoms with Gasteiger partial charge in [-0.2, -0.15) is 11.8 Å². The summed E-state index contributed by atoms with van der Waals surface area (Å²) in [5.41, 5.74) is 0. The Labute approximate surface area is 200 Å². The van der Waals surface area contributed by atoms with Crippen molar-refractivity contribution < 1.29 is 44.1 Å². The predicted molar refractivity (Wildman–Crippen MR) is 121 cm³/mol. The largest absolute Gasteiger partial charge is 0.481 e. The SMILES string of the molecule is CSCCC(NC(=O)C1CCCN1)C(=O)NC(CCC(=O)O)C(=O)NC(CCC(=O)O)C(=O)O. The van der Waals surface area contributed by atoms with Crippen molar-refractivity contribution in [2.75, 3.05) is 18.6 Å². The van der Waals surface area contributed by atoms with Crippen molar-refractivity contribution in [1.82, 2.24) is 21.3 Å². The van der Waals surface area contributed by atoms with Crippen LogP contribution in [-0.4, -0.2) is 93.7 Å². The zero-order valence-corrected chi connectivity index (χ0v) is 19.7. The fraction of sp³-hybridized carbons (Fsp3) is 0.700. The second-order valence-electron chi connectivity index (χ2n) is 7.82. The quantitative estimate of drug-likeness (QED) is 0.132. The maximum Gasteiger partial charge on any atom is 0.326 e. The molecule has 0 radical (unpaired) electrons. The van der Waals surface area contributed by atoms with E-state index in [2.05, 4.69) is 21.3 Å². The third-order valence-electron chi connectivity index (χ3n) is 5.16. The summed E-state index contributed by atoms with van der Waals surface area (Å²) in [5, 5.41) is 37.3. The molecule has 0 spiro atoms. The van der Waals surface area contributed by atoms with Crippen molar-refractivity contribution in [2.24, 2.45) is 0 Å². The van der Waals surface area contributed by atoms with Gasteiger partial charge in [-0.25, -0.2) is 4.79 Å². The van der Waals surface area contributed by atoms with Gasteiger partial charge in [0.1, 0.15) is 18.1 Å². The fourth-order valence-corrected chi connectivity index (χ4v) is 3.76. The van der Waals surface area contributed by atoms with Crippen molar-refractivity contribution in [3.05, 3.63) is 0 Å². The molecule has 1 saturated heterocycles. The second-order valence-corrected chi connectivity index (χ2v) is 8.80. The molecule has 1 rings (SSSR count). The number of thioether (sulfide) groups is 1. The number of hydrogen-bond acceptors (Lipinski definition) is 8. The molecule has 1 aliphatic rings. The van der Waals surface area contributed by atoms with Gasteiger partial charge in [0.05, 0.1) is 6.04 Å². The van der Waals surface area contributed by atoms with Gasteiger partial charge in [0.25, 0.3) is 0 Å². The van der Waals surface area contributed by atoms with Crippen LogP contribution >= 0.6 is 11.8 Å². The highest BCUT2D eigenvalue weighted by atomic mass is 32.2. The lowest BCUT2D eigenvalue weighted by molar-refractivity contribution is -0.144. The first kappa shape index (κ1) is 29.2. The minimum absolute atomic E-state index is 0.259. The maximum atomic E-state index is 12.9. The number of carboxylic acid groups (broad SMARTS) is 3. The van der Waals surface area contributed by atoms with Crippen molar-refractivity contribution in [3.8, 4) is 0 Å². The predicted octanol–water partition coefficient (Wildman–Crippen LogP) is -1.24. The van der Waals surface area contributed by atoms with Crippen LogP contribution in [0.1, 0.15) is 44.9 Å². The molecule has 1 fully saturated rings. The lowest BCUT2D eigenvalue weighted by Crippen LogP contribution is -2.57. The van der Waals surface area contributed by atoms with Gasteiger partial charge in [-0.1, -0.05) is 0 Å². The highest BCUT2D eigenvalue weighted by Gasteiger charge is 2.31. The van der Waals surface area contributed by atoms with Gasteiger partial charge in [0.15, 0.2) is 0 Å². The Balaban J connectivity index is 2.92. The molecular weight excluding hydrogens is 472 g/mol. The molecule has 0 aliphatic carbocycles. The Bertz CT molecular complexity index is 758. The lowest BCUT2D eigenvalue weighted by atomic mass is 10.1. The number of rotatable bonds is 16. The van der Waals surface area contributed by atoms with E-state index in [4.69, 9.17) is 10.2 Å². The highest BCUT2D eigenvalue weighted by Crippen LogP contribution is 2.09. The first-order chi connectivity index (χ1) is 16.0. The zero-order chi connectivity index (χ0) is 25.7. The average Bonchev–Trinajstić information content (AvgIpc) is 3.31. The van der Waals surface area contributed by atoms with Crippen LogP contribution in [0.4, 0.5) is 0 Å². The average molecular weight is 505 g/mol. The summed E-state index contributed by atoms with van der Waals surface area (Å²) in [6.45, 7) is 0.684. The molecule has 34 heavy (non-hydrogen) atoms. The summed E-state index contributed by atoms with van der Waals surface area (Å²) in [6.07, 6.45) is 1.81. The first-order valence-electron chi connectivity index (χ1n) is 10.8. The van der Waals surface area contributed by atoms with E-state index in [1.165, 1.54) is 11.8 Å². The molecule has 14 heteroatoms. The molecule has 1 aliphatic heterocycles. The van der Waals surface area contributed by atoms with Crippen molar-refractivity contribution in [1.29, 1.82) is 0 Å². The first-order valence-corrected chi connectivity index (χ1v) is 12.2. The van der Waals surface area contributed by atoms with Crippen LogP contribution in [-0.2, 0) is 28.8 Å². The molecule has 7 N–H and O–H groups in total. The van der Waals surface area contributed by atoms with E-state index in [0.29, 0.717) is 18.7 Å². The Hall–Kier alpha value is -2.87. The molecule has 13 nitrogen and oxygen atoms in total. The fourth-order valence-electron chi connectivity index (χ4n) is 3.29. The third kappa shape index (κ3) is 10.8. The van der Waals surface area contributed by atoms with Crippen LogP contribution in [0.15, 0.2) is 0 Å². The minimum atomic E-state index is -1.53. The van der Waals surface area contributed by atoms with E-state index < -0.39 is 73.2 Å². The summed E-state index contributed by atoms with van der Waals surface area (Å²) in [5.74, 6) is -5.44. The van der Waals surface area contributed by atoms with E-state index in [-0.39, 0.29) is 18.7 Å². The van der Waals surface area contributed by atoms with Gasteiger partial charge in [-0.15, -0.1) is 0 Å². The molecule has 0 bridgehead atoms. The van der Waals surface area contributed by atoms with Crippen molar-refractivity contribution >= 4 is 47.4 Å². The van der Waals surface area contributed by atoms with E-state index in [1.807, 2.05) is 6.26 Å². The molecule has 4 unspecified atom stereocenters. The van der Waals surface area contributed by atoms with Gasteiger partial charge in [-0.05, 0) is 50.7 Å². The number of amides is 3. The summed E-state index contributed by atoms with van der Waals surface area (Å²) < 4.78 is 0. The van der Waals surface area contributed by atoms with Gasteiger partial charge in [0.2, 0.25) is 17.7 Å². The Morgan fingerprint density at radius 2 is 1.38 bits per heavy atom. The van der Waals surface area contributed by atoms with Crippen LogP contribution in [0.3, 0.4) is 0 Å². The normalized spacial score (nSPS) is 17.7. The molecule has 192 valence electrons. The zero-order valence-electron chi connectivity index (χ0n) is 18.9. The Kier molecular flexibility index (Phi) is 13.0. The van der Waals surface area contributed by atoms with E-state index in [9.17, 15) is 33.9 Å². The smallest absolute Gasteiger partial charge is 0.326 e. The molecule has 0 aromatic heterocycles. The molecule has 0 saturated carbocycles. The molecule has 1 heterocycles. The summed E-state index contributed by atoms with van der Waals surface area (Å²) in [4.78, 5) is 71.2. The van der Waals surface area contributed by atoms with Crippen molar-refractivity contribution in [3.63, 3.8) is 0 Å². The Morgan fingerprint density at radius 1 is 0.853 bits per heavy atom.